The molecule has 2 unspecified atom stereocenters. The molecular weight excluding hydrogens is 340 g/mol. The minimum Gasteiger partial charge on any atom is -0.383 e. The molecule has 2 bridgehead atoms. The Kier molecular flexibility index (Phi) is 4.85. The highest BCUT2D eigenvalue weighted by Gasteiger charge is 2.52. The van der Waals surface area contributed by atoms with Gasteiger partial charge in [0.2, 0.25) is 0 Å². The van der Waals surface area contributed by atoms with E-state index in [0.717, 1.165) is 36.6 Å². The lowest BCUT2D eigenvalue weighted by Crippen LogP contribution is -2.61. The van der Waals surface area contributed by atoms with E-state index in [2.05, 4.69) is 24.1 Å². The molecule has 2 aliphatic carbocycles. The summed E-state index contributed by atoms with van der Waals surface area (Å²) >= 11 is 0. The topological polar surface area (TPSA) is 58.6 Å². The lowest BCUT2D eigenvalue weighted by molar-refractivity contribution is 0.0265. The fourth-order valence-corrected chi connectivity index (χ4v) is 4.92. The maximum absolute atomic E-state index is 13.3. The van der Waals surface area contributed by atoms with Gasteiger partial charge in [0.25, 0.3) is 5.91 Å². The third kappa shape index (κ3) is 3.21. The van der Waals surface area contributed by atoms with Crippen molar-refractivity contribution in [2.24, 2.45) is 11.8 Å². The third-order valence-electron chi connectivity index (χ3n) is 7.00. The van der Waals surface area contributed by atoms with Crippen molar-refractivity contribution in [3.63, 3.8) is 0 Å². The van der Waals surface area contributed by atoms with Gasteiger partial charge in [0, 0.05) is 31.3 Å². The molecule has 5 nitrogen and oxygen atoms in total. The lowest BCUT2D eigenvalue weighted by atomic mass is 9.58. The second kappa shape index (κ2) is 7.02. The van der Waals surface area contributed by atoms with Gasteiger partial charge >= 0.3 is 0 Å². The number of Topliss-reactive ketones (excluding diaryl/α,β-unsaturated/α-hetero) is 1. The van der Waals surface area contributed by atoms with E-state index in [4.69, 9.17) is 4.74 Å². The van der Waals surface area contributed by atoms with Gasteiger partial charge in [-0.15, -0.1) is 0 Å². The first kappa shape index (κ1) is 18.6. The fraction of sp³-hybridized carbons (Fsp3) is 0.636. The van der Waals surface area contributed by atoms with Crippen LogP contribution in [0.25, 0.3) is 0 Å². The molecule has 0 aromatic heterocycles. The number of carbonyl (C=O) groups is 2. The molecule has 2 fully saturated rings. The average Bonchev–Trinajstić information content (AvgIpc) is 3.47. The Morgan fingerprint density at radius 2 is 2.15 bits per heavy atom. The zero-order valence-corrected chi connectivity index (χ0v) is 16.6. The molecule has 4 rings (SSSR count). The van der Waals surface area contributed by atoms with Crippen LogP contribution in [0.1, 0.15) is 59.4 Å². The molecule has 1 amide bonds. The highest BCUT2D eigenvalue weighted by atomic mass is 16.5. The number of fused-ring (bicyclic) bond motifs is 4. The largest absolute Gasteiger partial charge is 0.383 e. The lowest BCUT2D eigenvalue weighted by Gasteiger charge is -2.53. The summed E-state index contributed by atoms with van der Waals surface area (Å²) in [6.07, 6.45) is 3.65. The molecule has 1 saturated heterocycles. The molecule has 1 aromatic rings. The summed E-state index contributed by atoms with van der Waals surface area (Å²) in [5, 5.41) is 2.88. The van der Waals surface area contributed by atoms with Crippen molar-refractivity contribution < 1.29 is 14.3 Å². The molecule has 5 heteroatoms. The number of hydrogen-bond donors (Lipinski definition) is 1. The van der Waals surface area contributed by atoms with Gasteiger partial charge in [-0.2, -0.15) is 0 Å². The van der Waals surface area contributed by atoms with Crippen LogP contribution in [0.2, 0.25) is 0 Å². The molecule has 1 saturated carbocycles. The predicted octanol–water partition coefficient (Wildman–Crippen LogP) is 2.64. The third-order valence-corrected chi connectivity index (χ3v) is 7.00. The number of benzene rings is 1. The average molecular weight is 370 g/mol. The number of carbonyl (C=O) groups excluding carboxylic acids is 2. The Balaban J connectivity index is 1.64. The molecule has 0 radical (unpaired) electrons. The Labute approximate surface area is 161 Å². The normalized spacial score (nSPS) is 30.1. The van der Waals surface area contributed by atoms with Crippen LogP contribution in [-0.2, 0) is 10.2 Å². The second-order valence-corrected chi connectivity index (χ2v) is 8.71. The van der Waals surface area contributed by atoms with Gasteiger partial charge in [0.05, 0.1) is 12.6 Å². The van der Waals surface area contributed by atoms with Crippen molar-refractivity contribution in [1.29, 1.82) is 0 Å². The van der Waals surface area contributed by atoms with Crippen LogP contribution in [0, 0.1) is 11.8 Å². The molecule has 3 atom stereocenters. The first-order chi connectivity index (χ1) is 13.0. The molecule has 1 aliphatic heterocycles. The second-order valence-electron chi connectivity index (χ2n) is 8.71. The summed E-state index contributed by atoms with van der Waals surface area (Å²) in [6, 6.07) is 5.61. The van der Waals surface area contributed by atoms with Gasteiger partial charge in [-0.1, -0.05) is 19.9 Å². The van der Waals surface area contributed by atoms with Gasteiger partial charge in [-0.3, -0.25) is 14.5 Å². The predicted molar refractivity (Wildman–Crippen MR) is 104 cm³/mol. The van der Waals surface area contributed by atoms with E-state index in [1.54, 1.807) is 13.2 Å². The first-order valence-corrected chi connectivity index (χ1v) is 10.2. The van der Waals surface area contributed by atoms with E-state index in [0.29, 0.717) is 18.7 Å². The highest BCUT2D eigenvalue weighted by molar-refractivity contribution is 6.05. The number of ether oxygens (including phenoxy) is 1. The molecule has 3 aliphatic rings. The first-order valence-electron chi connectivity index (χ1n) is 10.2. The van der Waals surface area contributed by atoms with Gasteiger partial charge in [0.15, 0.2) is 5.78 Å². The minimum atomic E-state index is -0.105. The summed E-state index contributed by atoms with van der Waals surface area (Å²) in [5.41, 5.74) is 2.44. The Morgan fingerprint density at radius 1 is 1.37 bits per heavy atom. The molecule has 1 N–H and O–H groups in total. The van der Waals surface area contributed by atoms with E-state index < -0.39 is 0 Å². The Hall–Kier alpha value is -1.72. The van der Waals surface area contributed by atoms with Gasteiger partial charge in [0.1, 0.15) is 0 Å². The number of likely N-dealkylation sites (tertiary alicyclic amines) is 1. The smallest absolute Gasteiger partial charge is 0.251 e. The fourth-order valence-electron chi connectivity index (χ4n) is 4.92. The van der Waals surface area contributed by atoms with Gasteiger partial charge in [-0.05, 0) is 60.8 Å². The van der Waals surface area contributed by atoms with Crippen LogP contribution in [0.4, 0.5) is 0 Å². The van der Waals surface area contributed by atoms with Gasteiger partial charge < -0.3 is 10.1 Å². The molecular formula is C22H30N2O3. The van der Waals surface area contributed by atoms with Crippen LogP contribution in [-0.4, -0.2) is 56.0 Å². The standard InChI is InChI=1S/C22H30N2O3/c1-14-19-20(25)17-7-6-16(21(26)23-9-11-27-3)12-18(17)22(14,2)8-10-24(19)13-15-4-5-15/h6-7,12,14-15,19H,4-5,8-11,13H2,1-3H3,(H,23,26)/t14?,19-,22?/m1/s1. The maximum Gasteiger partial charge on any atom is 0.251 e. The van der Waals surface area contributed by atoms with Crippen LogP contribution in [0.3, 0.4) is 0 Å². The molecule has 27 heavy (non-hydrogen) atoms. The van der Waals surface area contributed by atoms with Crippen molar-refractivity contribution >= 4 is 11.7 Å². The quantitative estimate of drug-likeness (QED) is 0.782. The van der Waals surface area contributed by atoms with E-state index >= 15 is 0 Å². The summed E-state index contributed by atoms with van der Waals surface area (Å²) in [4.78, 5) is 28.2. The SMILES string of the molecule is COCCNC(=O)c1ccc2c(c1)C1(C)CCN(CC3CC3)[C@@H](C2=O)C1C. The van der Waals surface area contributed by atoms with Crippen LogP contribution < -0.4 is 5.32 Å². The number of methoxy groups -OCH3 is 1. The molecule has 1 aromatic carbocycles. The van der Waals surface area contributed by atoms with Crippen molar-refractivity contribution in [1.82, 2.24) is 10.2 Å². The van der Waals surface area contributed by atoms with Crippen molar-refractivity contribution in [3.05, 3.63) is 34.9 Å². The Morgan fingerprint density at radius 3 is 2.85 bits per heavy atom. The Bertz CT molecular complexity index is 758. The number of ketones is 1. The number of nitrogens with one attached hydrogen (secondary N) is 1. The van der Waals surface area contributed by atoms with Crippen molar-refractivity contribution in [2.45, 2.75) is 44.6 Å². The van der Waals surface area contributed by atoms with Crippen LogP contribution in [0.15, 0.2) is 18.2 Å². The van der Waals surface area contributed by atoms with E-state index in [9.17, 15) is 9.59 Å². The molecule has 146 valence electrons. The van der Waals surface area contributed by atoms with Crippen molar-refractivity contribution in [2.75, 3.05) is 33.4 Å². The van der Waals surface area contributed by atoms with E-state index in [-0.39, 0.29) is 29.1 Å². The summed E-state index contributed by atoms with van der Waals surface area (Å²) in [6.45, 7) is 7.50. The summed E-state index contributed by atoms with van der Waals surface area (Å²) in [5.74, 6) is 1.18. The maximum atomic E-state index is 13.3. The summed E-state index contributed by atoms with van der Waals surface area (Å²) < 4.78 is 4.99. The number of nitrogens with zero attached hydrogens (tertiary/aromatic N) is 1. The zero-order valence-electron chi connectivity index (χ0n) is 16.6. The number of hydrogen-bond acceptors (Lipinski definition) is 4. The van der Waals surface area contributed by atoms with Crippen LogP contribution >= 0.6 is 0 Å². The molecule has 0 spiro atoms. The van der Waals surface area contributed by atoms with E-state index in [1.165, 1.54) is 12.8 Å². The highest BCUT2D eigenvalue weighted by Crippen LogP contribution is 2.49. The minimum absolute atomic E-state index is 0.0155. The summed E-state index contributed by atoms with van der Waals surface area (Å²) in [7, 11) is 1.62. The van der Waals surface area contributed by atoms with Crippen molar-refractivity contribution in [3.8, 4) is 0 Å². The van der Waals surface area contributed by atoms with E-state index in [1.807, 2.05) is 12.1 Å². The number of amides is 1. The molecule has 1 heterocycles. The van der Waals surface area contributed by atoms with Gasteiger partial charge in [-0.25, -0.2) is 0 Å². The monoisotopic (exact) mass is 370 g/mol. The zero-order chi connectivity index (χ0) is 19.2. The number of piperidine rings is 1. The number of rotatable bonds is 6. The van der Waals surface area contributed by atoms with Crippen LogP contribution in [0.5, 0.6) is 0 Å².